The number of sulfonamides is 1. The summed E-state index contributed by atoms with van der Waals surface area (Å²) in [7, 11) is -3.46. The molecule has 0 aromatic heterocycles. The summed E-state index contributed by atoms with van der Waals surface area (Å²) < 4.78 is 57.0. The Labute approximate surface area is 254 Å². The summed E-state index contributed by atoms with van der Waals surface area (Å²) in [5, 5.41) is 8.77. The van der Waals surface area contributed by atoms with Crippen molar-refractivity contribution < 1.29 is 26.8 Å². The highest BCUT2D eigenvalue weighted by Crippen LogP contribution is 2.57. The van der Waals surface area contributed by atoms with Crippen molar-refractivity contribution in [1.82, 2.24) is 15.4 Å². The number of carbonyl (C=O) groups is 2. The molecule has 0 unspecified atom stereocenters. The number of rotatable bonds is 6. The first-order valence-corrected chi connectivity index (χ1v) is 16.3. The second kappa shape index (κ2) is 10.4. The third-order valence-corrected chi connectivity index (χ3v) is 9.92. The van der Waals surface area contributed by atoms with E-state index in [9.17, 15) is 18.0 Å². The van der Waals surface area contributed by atoms with E-state index in [0.717, 1.165) is 6.26 Å². The maximum atomic E-state index is 15.9. The predicted molar refractivity (Wildman–Crippen MR) is 158 cm³/mol. The van der Waals surface area contributed by atoms with Crippen molar-refractivity contribution in [2.45, 2.75) is 82.0 Å². The van der Waals surface area contributed by atoms with Crippen molar-refractivity contribution in [3.05, 3.63) is 63.1 Å². The van der Waals surface area contributed by atoms with Crippen molar-refractivity contribution in [1.29, 1.82) is 0 Å². The van der Waals surface area contributed by atoms with Crippen LogP contribution in [-0.2, 0) is 25.0 Å². The molecule has 1 saturated heterocycles. The molecule has 0 bridgehead atoms. The summed E-state index contributed by atoms with van der Waals surface area (Å²) in [4.78, 5) is 28.2. The molecule has 1 aliphatic carbocycles. The number of amides is 2. The van der Waals surface area contributed by atoms with E-state index in [1.165, 1.54) is 24.3 Å². The Balaban J connectivity index is 1.62. The van der Waals surface area contributed by atoms with Crippen molar-refractivity contribution >= 4 is 50.7 Å². The first-order valence-electron chi connectivity index (χ1n) is 13.6. The quantitative estimate of drug-likeness (QED) is 0.367. The summed E-state index contributed by atoms with van der Waals surface area (Å²) in [5.41, 5.74) is -2.04. The minimum absolute atomic E-state index is 0.0436. The second-order valence-corrected chi connectivity index (χ2v) is 15.8. The molecular formula is C29H34Cl2F2N4O4S. The fourth-order valence-electron chi connectivity index (χ4n) is 7.12. The van der Waals surface area contributed by atoms with Crippen LogP contribution in [0.3, 0.4) is 0 Å². The van der Waals surface area contributed by atoms with Crippen LogP contribution in [0.15, 0.2) is 30.3 Å². The van der Waals surface area contributed by atoms with Gasteiger partial charge in [-0.3, -0.25) is 9.59 Å². The molecule has 4 atom stereocenters. The number of carbonyl (C=O) groups excluding carboxylic acids is 2. The number of hydrogen-bond donors (Lipinski definition) is 4. The van der Waals surface area contributed by atoms with Gasteiger partial charge in [-0.05, 0) is 60.9 Å². The van der Waals surface area contributed by atoms with Gasteiger partial charge in [0.2, 0.25) is 21.8 Å². The zero-order valence-electron chi connectivity index (χ0n) is 23.9. The first kappa shape index (κ1) is 31.1. The van der Waals surface area contributed by atoms with Gasteiger partial charge in [0.25, 0.3) is 0 Å². The zero-order valence-corrected chi connectivity index (χ0v) is 26.2. The predicted octanol–water partition coefficient (Wildman–Crippen LogP) is 4.61. The molecule has 2 aromatic rings. The second-order valence-electron chi connectivity index (χ2n) is 13.3. The van der Waals surface area contributed by atoms with E-state index < -0.39 is 62.4 Å². The molecule has 1 spiro atoms. The molecule has 2 heterocycles. The largest absolute Gasteiger partial charge is 0.352 e. The molecule has 8 nitrogen and oxygen atoms in total. The minimum atomic E-state index is -3.46. The number of anilines is 1. The zero-order chi connectivity index (χ0) is 31.0. The van der Waals surface area contributed by atoms with Gasteiger partial charge in [-0.2, -0.15) is 0 Å². The maximum Gasteiger partial charge on any atom is 0.238 e. The standard InChI is InChI=1S/C29H34Cl2F2N4O4S/c1-27(2,3)13-21-29(16-9-19(32)18(31)10-20(16)35-26(29)39)22(15-7-6-8-17(30)23(15)33)24(36-21)25(38)34-14-11-28(4,12-14)37-42(5,40)41/h6-10,14,21-22,24,36-37H,11-13H2,1-5H3,(H,34,38)(H,35,39)/t14-,21-,22+,24-,28-,29+/m1/s1. The average molecular weight is 644 g/mol. The summed E-state index contributed by atoms with van der Waals surface area (Å²) in [6.45, 7) is 7.68. The molecule has 2 aliphatic heterocycles. The third kappa shape index (κ3) is 5.43. The van der Waals surface area contributed by atoms with Gasteiger partial charge in [-0.1, -0.05) is 56.1 Å². The summed E-state index contributed by atoms with van der Waals surface area (Å²) in [5.74, 6) is -3.63. The van der Waals surface area contributed by atoms with Gasteiger partial charge in [-0.25, -0.2) is 21.9 Å². The van der Waals surface area contributed by atoms with E-state index in [-0.39, 0.29) is 32.6 Å². The van der Waals surface area contributed by atoms with E-state index in [2.05, 4.69) is 20.7 Å². The summed E-state index contributed by atoms with van der Waals surface area (Å²) >= 11 is 12.3. The lowest BCUT2D eigenvalue weighted by Crippen LogP contribution is -2.63. The molecular weight excluding hydrogens is 609 g/mol. The Morgan fingerprint density at radius 3 is 2.43 bits per heavy atom. The van der Waals surface area contributed by atoms with Gasteiger partial charge in [-0.15, -0.1) is 0 Å². The van der Waals surface area contributed by atoms with E-state index >= 15 is 8.78 Å². The molecule has 13 heteroatoms. The van der Waals surface area contributed by atoms with E-state index in [1.54, 1.807) is 13.0 Å². The Morgan fingerprint density at radius 1 is 1.14 bits per heavy atom. The fraction of sp³-hybridized carbons (Fsp3) is 0.517. The topological polar surface area (TPSA) is 116 Å². The normalized spacial score (nSPS) is 30.6. The van der Waals surface area contributed by atoms with Crippen molar-refractivity contribution in [2.24, 2.45) is 5.41 Å². The molecule has 5 rings (SSSR count). The van der Waals surface area contributed by atoms with Crippen LogP contribution in [-0.4, -0.2) is 50.2 Å². The average Bonchev–Trinajstić information content (AvgIpc) is 3.28. The van der Waals surface area contributed by atoms with Crippen LogP contribution in [0, 0.1) is 17.0 Å². The SMILES string of the molecule is CC(C)(C)C[C@H]1N[C@@H](C(=O)N[C@H]2C[C@](C)(NS(C)(=O)=O)C2)[C@H](c2cccc(Cl)c2F)[C@@]12C(=O)Nc1cc(Cl)c(F)cc12. The number of fused-ring (bicyclic) bond motifs is 2. The van der Waals surface area contributed by atoms with Crippen LogP contribution >= 0.6 is 23.2 Å². The van der Waals surface area contributed by atoms with Gasteiger partial charge in [0.15, 0.2) is 0 Å². The third-order valence-electron chi connectivity index (χ3n) is 8.47. The lowest BCUT2D eigenvalue weighted by Gasteiger charge is -2.45. The highest BCUT2D eigenvalue weighted by Gasteiger charge is 2.66. The van der Waals surface area contributed by atoms with Crippen LogP contribution < -0.4 is 20.7 Å². The Bertz CT molecular complexity index is 1580. The first-order chi connectivity index (χ1) is 19.3. The number of halogens is 4. The van der Waals surface area contributed by atoms with Gasteiger partial charge >= 0.3 is 0 Å². The highest BCUT2D eigenvalue weighted by molar-refractivity contribution is 7.88. The van der Waals surface area contributed by atoms with Gasteiger partial charge in [0.1, 0.15) is 17.0 Å². The van der Waals surface area contributed by atoms with E-state index in [1.807, 2.05) is 20.8 Å². The minimum Gasteiger partial charge on any atom is -0.352 e. The lowest BCUT2D eigenvalue weighted by molar-refractivity contribution is -0.125. The van der Waals surface area contributed by atoms with Crippen LogP contribution in [0.2, 0.25) is 10.0 Å². The molecule has 2 amide bonds. The smallest absolute Gasteiger partial charge is 0.238 e. The summed E-state index contributed by atoms with van der Waals surface area (Å²) in [6, 6.07) is 4.75. The van der Waals surface area contributed by atoms with Crippen LogP contribution in [0.4, 0.5) is 14.5 Å². The fourth-order valence-corrected chi connectivity index (χ4v) is 8.52. The number of nitrogens with one attached hydrogen (secondary N) is 4. The van der Waals surface area contributed by atoms with Crippen molar-refractivity contribution in [3.63, 3.8) is 0 Å². The van der Waals surface area contributed by atoms with E-state index in [4.69, 9.17) is 23.2 Å². The Hall–Kier alpha value is -2.31. The Morgan fingerprint density at radius 2 is 1.81 bits per heavy atom. The van der Waals surface area contributed by atoms with Gasteiger partial charge < -0.3 is 16.0 Å². The monoisotopic (exact) mass is 642 g/mol. The summed E-state index contributed by atoms with van der Waals surface area (Å²) in [6.07, 6.45) is 2.15. The highest BCUT2D eigenvalue weighted by atomic mass is 35.5. The number of hydrogen-bond acceptors (Lipinski definition) is 5. The molecule has 4 N–H and O–H groups in total. The molecule has 228 valence electrons. The maximum absolute atomic E-state index is 15.9. The molecule has 2 aromatic carbocycles. The lowest BCUT2D eigenvalue weighted by atomic mass is 9.62. The van der Waals surface area contributed by atoms with Gasteiger partial charge in [0, 0.05) is 29.2 Å². The molecule has 1 saturated carbocycles. The molecule has 2 fully saturated rings. The van der Waals surface area contributed by atoms with Gasteiger partial charge in [0.05, 0.1) is 22.3 Å². The number of benzene rings is 2. The van der Waals surface area contributed by atoms with Crippen LogP contribution in [0.25, 0.3) is 0 Å². The molecule has 0 radical (unpaired) electrons. The van der Waals surface area contributed by atoms with Crippen molar-refractivity contribution in [3.8, 4) is 0 Å². The Kier molecular flexibility index (Phi) is 7.71. The van der Waals surface area contributed by atoms with Crippen molar-refractivity contribution in [2.75, 3.05) is 11.6 Å². The molecule has 3 aliphatic rings. The van der Waals surface area contributed by atoms with Crippen LogP contribution in [0.5, 0.6) is 0 Å². The van der Waals surface area contributed by atoms with E-state index in [0.29, 0.717) is 24.9 Å². The van der Waals surface area contributed by atoms with Crippen LogP contribution in [0.1, 0.15) is 64.0 Å². The molecule has 42 heavy (non-hydrogen) atoms.